The molecule has 5 heteroatoms. The van der Waals surface area contributed by atoms with Gasteiger partial charge in [0.15, 0.2) is 6.29 Å². The summed E-state index contributed by atoms with van der Waals surface area (Å²) < 4.78 is 25.2. The van der Waals surface area contributed by atoms with Crippen molar-refractivity contribution in [2.75, 3.05) is 12.9 Å². The van der Waals surface area contributed by atoms with Crippen LogP contribution in [0.2, 0.25) is 0 Å². The second kappa shape index (κ2) is 10.7. The average molecular weight is 491 g/mol. The molecule has 5 rings (SSSR count). The molecule has 1 saturated heterocycles. The first-order chi connectivity index (χ1) is 17.1. The van der Waals surface area contributed by atoms with Crippen molar-refractivity contribution in [3.05, 3.63) is 89.5 Å². The Morgan fingerprint density at radius 2 is 1.74 bits per heavy atom. The third-order valence-electron chi connectivity index (χ3n) is 7.08. The van der Waals surface area contributed by atoms with Crippen molar-refractivity contribution in [2.24, 2.45) is 0 Å². The molecule has 0 aliphatic carbocycles. The fourth-order valence-electron chi connectivity index (χ4n) is 5.13. The molecule has 35 heavy (non-hydrogen) atoms. The second-order valence-corrected chi connectivity index (χ2v) is 10.6. The molecule has 184 valence electrons. The molecule has 1 spiro atoms. The molecule has 4 nitrogen and oxygen atoms in total. The Labute approximate surface area is 212 Å². The number of fused-ring (bicyclic) bond motifs is 1. The zero-order valence-corrected chi connectivity index (χ0v) is 21.6. The first-order valence-corrected chi connectivity index (χ1v) is 13.5. The predicted octanol–water partition coefficient (Wildman–Crippen LogP) is 7.14. The van der Waals surface area contributed by atoms with Crippen LogP contribution in [0.1, 0.15) is 48.8 Å². The molecule has 2 aliphatic heterocycles. The first-order valence-electron chi connectivity index (χ1n) is 12.5. The van der Waals surface area contributed by atoms with Crippen LogP contribution in [0.5, 0.6) is 11.5 Å². The van der Waals surface area contributed by atoms with Crippen LogP contribution in [-0.4, -0.2) is 31.0 Å². The summed E-state index contributed by atoms with van der Waals surface area (Å²) in [6.07, 6.45) is 3.09. The van der Waals surface area contributed by atoms with Gasteiger partial charge in [-0.2, -0.15) is 0 Å². The molecule has 0 saturated carbocycles. The van der Waals surface area contributed by atoms with Crippen LogP contribution in [0.4, 0.5) is 0 Å². The number of hydrogen-bond acceptors (Lipinski definition) is 5. The summed E-state index contributed by atoms with van der Waals surface area (Å²) in [4.78, 5) is 1.30. The van der Waals surface area contributed by atoms with Crippen LogP contribution < -0.4 is 9.47 Å². The lowest BCUT2D eigenvalue weighted by molar-refractivity contribution is -0.195. The molecule has 2 heterocycles. The smallest absolute Gasteiger partial charge is 0.239 e. The fraction of sp³-hybridized carbons (Fsp3) is 0.400. The van der Waals surface area contributed by atoms with E-state index in [4.69, 9.17) is 18.9 Å². The van der Waals surface area contributed by atoms with Gasteiger partial charge in [0.25, 0.3) is 0 Å². The van der Waals surface area contributed by atoms with E-state index < -0.39 is 5.79 Å². The molecule has 0 aromatic heterocycles. The predicted molar refractivity (Wildman–Crippen MR) is 140 cm³/mol. The van der Waals surface area contributed by atoms with Crippen LogP contribution in [0.15, 0.2) is 77.7 Å². The third-order valence-corrected chi connectivity index (χ3v) is 8.12. The van der Waals surface area contributed by atoms with E-state index in [-0.39, 0.29) is 12.4 Å². The zero-order chi connectivity index (χ0) is 24.3. The summed E-state index contributed by atoms with van der Waals surface area (Å²) in [6.45, 7) is 4.14. The van der Waals surface area contributed by atoms with Gasteiger partial charge in [-0.1, -0.05) is 48.5 Å². The number of aryl methyl sites for hydroxylation is 2. The normalized spacial score (nSPS) is 25.3. The van der Waals surface area contributed by atoms with E-state index in [1.54, 1.807) is 7.11 Å². The Morgan fingerprint density at radius 1 is 1.00 bits per heavy atom. The van der Waals surface area contributed by atoms with Crippen molar-refractivity contribution >= 4 is 11.8 Å². The Morgan fingerprint density at radius 3 is 2.49 bits per heavy atom. The SMILES string of the molecule is COc1cc2c(cc1C)O[C@]1(C[C@H]2CCSc2ccccc2)O[C@@H](CCc2ccccc2)O[C@H]1C. The van der Waals surface area contributed by atoms with Crippen LogP contribution in [0, 0.1) is 6.92 Å². The minimum atomic E-state index is -0.766. The van der Waals surface area contributed by atoms with Gasteiger partial charge in [-0.3, -0.25) is 0 Å². The van der Waals surface area contributed by atoms with Crippen molar-refractivity contribution in [3.63, 3.8) is 0 Å². The quantitative estimate of drug-likeness (QED) is 0.314. The van der Waals surface area contributed by atoms with Crippen molar-refractivity contribution in [3.8, 4) is 11.5 Å². The molecular formula is C30H34O4S. The van der Waals surface area contributed by atoms with Crippen LogP contribution in [0.25, 0.3) is 0 Å². The van der Waals surface area contributed by atoms with Gasteiger partial charge in [0.1, 0.15) is 17.6 Å². The number of benzene rings is 3. The average Bonchev–Trinajstić information content (AvgIpc) is 3.17. The molecule has 3 aromatic rings. The van der Waals surface area contributed by atoms with Gasteiger partial charge >= 0.3 is 0 Å². The van der Waals surface area contributed by atoms with Gasteiger partial charge in [-0.15, -0.1) is 11.8 Å². The van der Waals surface area contributed by atoms with E-state index in [1.807, 2.05) is 17.8 Å². The lowest BCUT2D eigenvalue weighted by Gasteiger charge is -2.40. The molecule has 4 atom stereocenters. The van der Waals surface area contributed by atoms with Crippen LogP contribution in [0.3, 0.4) is 0 Å². The number of thioether (sulfide) groups is 1. The van der Waals surface area contributed by atoms with E-state index in [1.165, 1.54) is 16.0 Å². The van der Waals surface area contributed by atoms with Crippen molar-refractivity contribution < 1.29 is 18.9 Å². The van der Waals surface area contributed by atoms with Gasteiger partial charge < -0.3 is 18.9 Å². The Balaban J connectivity index is 1.34. The van der Waals surface area contributed by atoms with Gasteiger partial charge in [-0.05, 0) is 73.8 Å². The van der Waals surface area contributed by atoms with E-state index in [0.29, 0.717) is 5.92 Å². The summed E-state index contributed by atoms with van der Waals surface area (Å²) in [7, 11) is 1.73. The molecule has 0 N–H and O–H groups in total. The topological polar surface area (TPSA) is 36.9 Å². The van der Waals surface area contributed by atoms with Gasteiger partial charge in [0.2, 0.25) is 5.79 Å². The molecule has 1 fully saturated rings. The Bertz CT molecular complexity index is 1120. The highest BCUT2D eigenvalue weighted by Crippen LogP contribution is 2.50. The molecule has 0 radical (unpaired) electrons. The summed E-state index contributed by atoms with van der Waals surface area (Å²) >= 11 is 1.90. The number of ether oxygens (including phenoxy) is 4. The minimum Gasteiger partial charge on any atom is -0.496 e. The molecule has 3 aromatic carbocycles. The maximum absolute atomic E-state index is 6.64. The van der Waals surface area contributed by atoms with Crippen LogP contribution in [-0.2, 0) is 15.9 Å². The van der Waals surface area contributed by atoms with Gasteiger partial charge in [0.05, 0.1) is 7.11 Å². The molecule has 0 unspecified atom stereocenters. The summed E-state index contributed by atoms with van der Waals surface area (Å²) in [6, 6.07) is 25.3. The highest BCUT2D eigenvalue weighted by atomic mass is 32.2. The highest BCUT2D eigenvalue weighted by Gasteiger charge is 2.53. The molecule has 2 aliphatic rings. The minimum absolute atomic E-state index is 0.150. The van der Waals surface area contributed by atoms with E-state index in [2.05, 4.69) is 80.6 Å². The zero-order valence-electron chi connectivity index (χ0n) is 20.7. The first kappa shape index (κ1) is 24.2. The van der Waals surface area contributed by atoms with Crippen LogP contribution >= 0.6 is 11.8 Å². The van der Waals surface area contributed by atoms with Crippen molar-refractivity contribution in [1.29, 1.82) is 0 Å². The number of rotatable bonds is 8. The summed E-state index contributed by atoms with van der Waals surface area (Å²) in [5, 5.41) is 0. The molecule has 0 amide bonds. The highest BCUT2D eigenvalue weighted by molar-refractivity contribution is 7.99. The third kappa shape index (κ3) is 5.37. The van der Waals surface area contributed by atoms with Gasteiger partial charge in [0, 0.05) is 23.3 Å². The monoisotopic (exact) mass is 490 g/mol. The maximum Gasteiger partial charge on any atom is 0.239 e. The Kier molecular flexibility index (Phi) is 7.37. The Hall–Kier alpha value is -2.47. The van der Waals surface area contributed by atoms with Gasteiger partial charge in [-0.25, -0.2) is 0 Å². The van der Waals surface area contributed by atoms with E-state index >= 15 is 0 Å². The largest absolute Gasteiger partial charge is 0.496 e. The molecule has 0 bridgehead atoms. The van der Waals surface area contributed by atoms with Crippen molar-refractivity contribution in [1.82, 2.24) is 0 Å². The summed E-state index contributed by atoms with van der Waals surface area (Å²) in [5.41, 5.74) is 3.56. The van der Waals surface area contributed by atoms with Crippen molar-refractivity contribution in [2.45, 2.75) is 68.5 Å². The fourth-order valence-corrected chi connectivity index (χ4v) is 6.12. The summed E-state index contributed by atoms with van der Waals surface area (Å²) in [5.74, 6) is 2.35. The molecular weight excluding hydrogens is 456 g/mol. The van der Waals surface area contributed by atoms with E-state index in [0.717, 1.165) is 48.5 Å². The lowest BCUT2D eigenvalue weighted by Crippen LogP contribution is -2.48. The number of methoxy groups -OCH3 is 1. The lowest BCUT2D eigenvalue weighted by atomic mass is 9.84. The number of hydrogen-bond donors (Lipinski definition) is 0. The maximum atomic E-state index is 6.64. The standard InChI is InChI=1S/C30H34O4S/c1-21-18-28-26(19-27(21)31-3)24(16-17-35-25-12-8-5-9-13-25)20-30(33-28)22(2)32-29(34-30)15-14-23-10-6-4-7-11-23/h4-13,18-19,22,24,29H,14-17,20H2,1-3H3/t22-,24+,29-,30+/m0/s1. The second-order valence-electron chi connectivity index (χ2n) is 9.47. The van der Waals surface area contributed by atoms with E-state index in [9.17, 15) is 0 Å².